The molecule has 6 heteroatoms. The molecule has 0 aromatic carbocycles. The van der Waals surface area contributed by atoms with Crippen molar-refractivity contribution < 1.29 is 4.52 Å². The van der Waals surface area contributed by atoms with Crippen LogP contribution in [0.4, 0.5) is 11.5 Å². The second-order valence-electron chi connectivity index (χ2n) is 3.45. The second kappa shape index (κ2) is 4.61. The summed E-state index contributed by atoms with van der Waals surface area (Å²) in [5, 5.41) is 6.85. The highest BCUT2D eigenvalue weighted by Gasteiger charge is 2.00. The molecule has 0 saturated heterocycles. The molecule has 0 aliphatic carbocycles. The van der Waals surface area contributed by atoms with Gasteiger partial charge < -0.3 is 15.6 Å². The van der Waals surface area contributed by atoms with Crippen LogP contribution in [0, 0.1) is 6.92 Å². The summed E-state index contributed by atoms with van der Waals surface area (Å²) in [7, 11) is 0. The largest absolute Gasteiger partial charge is 0.398 e. The average molecular weight is 219 g/mol. The minimum atomic E-state index is 0.674. The summed E-state index contributed by atoms with van der Waals surface area (Å²) in [6.07, 6.45) is 3.75. The maximum absolute atomic E-state index is 5.77. The lowest BCUT2D eigenvalue weighted by Gasteiger charge is -2.05. The Morgan fingerprint density at radius 1 is 1.44 bits per heavy atom. The summed E-state index contributed by atoms with van der Waals surface area (Å²) in [6, 6.07) is 1.81. The van der Waals surface area contributed by atoms with E-state index in [1.807, 2.05) is 13.0 Å². The van der Waals surface area contributed by atoms with Gasteiger partial charge in [0.05, 0.1) is 0 Å². The van der Waals surface area contributed by atoms with Gasteiger partial charge in [0.2, 0.25) is 6.39 Å². The molecule has 0 aliphatic heterocycles. The van der Waals surface area contributed by atoms with Crippen LogP contribution in [-0.2, 0) is 6.42 Å². The summed E-state index contributed by atoms with van der Waals surface area (Å²) in [5.74, 6) is 1.43. The summed E-state index contributed by atoms with van der Waals surface area (Å²) < 4.78 is 4.63. The number of nitrogens with two attached hydrogens (primary N) is 1. The van der Waals surface area contributed by atoms with Crippen LogP contribution in [0.15, 0.2) is 23.2 Å². The Morgan fingerprint density at radius 2 is 2.31 bits per heavy atom. The van der Waals surface area contributed by atoms with Crippen molar-refractivity contribution in [3.05, 3.63) is 30.0 Å². The van der Waals surface area contributed by atoms with Crippen molar-refractivity contribution in [1.29, 1.82) is 0 Å². The molecular formula is C10H13N5O. The van der Waals surface area contributed by atoms with Crippen LogP contribution < -0.4 is 11.1 Å². The number of rotatable bonds is 4. The molecule has 0 bridgehead atoms. The monoisotopic (exact) mass is 219 g/mol. The molecule has 2 heterocycles. The van der Waals surface area contributed by atoms with E-state index < -0.39 is 0 Å². The third kappa shape index (κ3) is 2.47. The van der Waals surface area contributed by atoms with Crippen LogP contribution in [0.2, 0.25) is 0 Å². The zero-order valence-corrected chi connectivity index (χ0v) is 8.97. The molecule has 0 aliphatic rings. The smallest absolute Gasteiger partial charge is 0.213 e. The molecular weight excluding hydrogens is 206 g/mol. The number of nitrogens with zero attached hydrogens (tertiary/aromatic N) is 3. The van der Waals surface area contributed by atoms with Gasteiger partial charge >= 0.3 is 0 Å². The van der Waals surface area contributed by atoms with Gasteiger partial charge in [0.25, 0.3) is 0 Å². The average Bonchev–Trinajstić information content (AvgIpc) is 2.76. The molecule has 3 N–H and O–H groups in total. The maximum atomic E-state index is 5.77. The van der Waals surface area contributed by atoms with E-state index >= 15 is 0 Å². The van der Waals surface area contributed by atoms with Crippen LogP contribution >= 0.6 is 0 Å². The van der Waals surface area contributed by atoms with Gasteiger partial charge in [-0.1, -0.05) is 5.16 Å². The Bertz CT molecular complexity index is 454. The predicted molar refractivity (Wildman–Crippen MR) is 59.9 cm³/mol. The fourth-order valence-electron chi connectivity index (χ4n) is 1.24. The lowest BCUT2D eigenvalue weighted by Crippen LogP contribution is -2.07. The standard InChI is InChI=1S/C10H13N5O/c1-7-5-13-10(4-8(7)11)12-3-2-9-14-6-16-15-9/h4-6H,2-3H2,1H3,(H3,11,12,13). The fourth-order valence-corrected chi connectivity index (χ4v) is 1.24. The van der Waals surface area contributed by atoms with E-state index in [1.54, 1.807) is 6.20 Å². The van der Waals surface area contributed by atoms with Crippen LogP contribution in [0.1, 0.15) is 11.4 Å². The van der Waals surface area contributed by atoms with E-state index in [-0.39, 0.29) is 0 Å². The van der Waals surface area contributed by atoms with Crippen molar-refractivity contribution in [2.45, 2.75) is 13.3 Å². The van der Waals surface area contributed by atoms with Crippen molar-refractivity contribution in [1.82, 2.24) is 15.1 Å². The quantitative estimate of drug-likeness (QED) is 0.797. The van der Waals surface area contributed by atoms with E-state index in [0.29, 0.717) is 18.8 Å². The Hall–Kier alpha value is -2.11. The van der Waals surface area contributed by atoms with Crippen molar-refractivity contribution in [3.8, 4) is 0 Å². The zero-order valence-electron chi connectivity index (χ0n) is 8.97. The topological polar surface area (TPSA) is 89.9 Å². The van der Waals surface area contributed by atoms with Crippen LogP contribution in [0.25, 0.3) is 0 Å². The first-order valence-corrected chi connectivity index (χ1v) is 4.97. The van der Waals surface area contributed by atoms with Gasteiger partial charge in [-0.25, -0.2) is 4.98 Å². The van der Waals surface area contributed by atoms with Gasteiger partial charge in [-0.05, 0) is 12.5 Å². The van der Waals surface area contributed by atoms with Crippen molar-refractivity contribution >= 4 is 11.5 Å². The normalized spacial score (nSPS) is 10.3. The summed E-state index contributed by atoms with van der Waals surface area (Å²) in [4.78, 5) is 8.12. The fraction of sp³-hybridized carbons (Fsp3) is 0.300. The SMILES string of the molecule is Cc1cnc(NCCc2ncon2)cc1N. The van der Waals surface area contributed by atoms with E-state index in [4.69, 9.17) is 5.73 Å². The van der Waals surface area contributed by atoms with Gasteiger partial charge in [-0.15, -0.1) is 0 Å². The number of aromatic nitrogens is 3. The summed E-state index contributed by atoms with van der Waals surface area (Å²) >= 11 is 0. The molecule has 0 fully saturated rings. The number of anilines is 2. The Labute approximate surface area is 92.9 Å². The minimum Gasteiger partial charge on any atom is -0.398 e. The van der Waals surface area contributed by atoms with Gasteiger partial charge in [-0.3, -0.25) is 0 Å². The van der Waals surface area contributed by atoms with Gasteiger partial charge in [-0.2, -0.15) is 4.98 Å². The number of aryl methyl sites for hydroxylation is 1. The molecule has 84 valence electrons. The Balaban J connectivity index is 1.87. The van der Waals surface area contributed by atoms with Crippen molar-refractivity contribution in [2.75, 3.05) is 17.6 Å². The molecule has 0 amide bonds. The third-order valence-corrected chi connectivity index (χ3v) is 2.21. The van der Waals surface area contributed by atoms with Crippen LogP contribution in [-0.4, -0.2) is 21.7 Å². The Morgan fingerprint density at radius 3 is 3.00 bits per heavy atom. The van der Waals surface area contributed by atoms with Gasteiger partial charge in [0, 0.05) is 30.9 Å². The number of nitrogen functional groups attached to an aromatic ring is 1. The molecule has 16 heavy (non-hydrogen) atoms. The van der Waals surface area contributed by atoms with Crippen LogP contribution in [0.3, 0.4) is 0 Å². The maximum Gasteiger partial charge on any atom is 0.213 e. The summed E-state index contributed by atoms with van der Waals surface area (Å²) in [6.45, 7) is 2.61. The lowest BCUT2D eigenvalue weighted by atomic mass is 10.2. The molecule has 0 unspecified atom stereocenters. The van der Waals surface area contributed by atoms with E-state index in [1.165, 1.54) is 6.39 Å². The molecule has 6 nitrogen and oxygen atoms in total. The molecule has 2 aromatic heterocycles. The highest BCUT2D eigenvalue weighted by molar-refractivity contribution is 5.53. The van der Waals surface area contributed by atoms with Crippen molar-refractivity contribution in [3.63, 3.8) is 0 Å². The first-order chi connectivity index (χ1) is 7.75. The van der Waals surface area contributed by atoms with E-state index in [9.17, 15) is 0 Å². The van der Waals surface area contributed by atoms with Gasteiger partial charge in [0.15, 0.2) is 5.82 Å². The first-order valence-electron chi connectivity index (χ1n) is 4.97. The van der Waals surface area contributed by atoms with Gasteiger partial charge in [0.1, 0.15) is 5.82 Å². The zero-order chi connectivity index (χ0) is 11.4. The number of nitrogens with one attached hydrogen (secondary N) is 1. The van der Waals surface area contributed by atoms with Crippen molar-refractivity contribution in [2.24, 2.45) is 0 Å². The van der Waals surface area contributed by atoms with E-state index in [0.717, 1.165) is 17.1 Å². The Kier molecular flexibility index (Phi) is 3.00. The number of hydrogen-bond donors (Lipinski definition) is 2. The molecule has 0 spiro atoms. The number of pyridine rings is 1. The third-order valence-electron chi connectivity index (χ3n) is 2.21. The molecule has 2 aromatic rings. The predicted octanol–water partition coefficient (Wildman–Crippen LogP) is 1.01. The highest BCUT2D eigenvalue weighted by atomic mass is 16.5. The lowest BCUT2D eigenvalue weighted by molar-refractivity contribution is 0.410. The minimum absolute atomic E-state index is 0.674. The first kappa shape index (κ1) is 10.4. The van der Waals surface area contributed by atoms with E-state index in [2.05, 4.69) is 25.0 Å². The molecule has 0 radical (unpaired) electrons. The number of hydrogen-bond acceptors (Lipinski definition) is 6. The molecule has 0 atom stereocenters. The molecule has 0 saturated carbocycles. The van der Waals surface area contributed by atoms with Crippen LogP contribution in [0.5, 0.6) is 0 Å². The highest BCUT2D eigenvalue weighted by Crippen LogP contribution is 2.13. The molecule has 2 rings (SSSR count). The summed E-state index contributed by atoms with van der Waals surface area (Å²) in [5.41, 5.74) is 7.48. The second-order valence-corrected chi connectivity index (χ2v) is 3.45.